The summed E-state index contributed by atoms with van der Waals surface area (Å²) in [6.45, 7) is 0.847. The van der Waals surface area contributed by atoms with Crippen molar-refractivity contribution in [3.63, 3.8) is 0 Å². The van der Waals surface area contributed by atoms with Crippen LogP contribution in [0.5, 0.6) is 0 Å². The maximum Gasteiger partial charge on any atom is 0.0718 e. The summed E-state index contributed by atoms with van der Waals surface area (Å²) >= 11 is 0. The standard InChI is InChI=1S/C22H22N6/c1-27(2)14-17-6-7-23-13-21(17)18-8-19(10-24-9-18)22-5-4-16(11-25-22)20-12-26-28(3)15-20/h4-13,15H,14H2,1-3H3. The maximum atomic E-state index is 4.64. The number of hydrogen-bond donors (Lipinski definition) is 0. The van der Waals surface area contributed by atoms with Crippen molar-refractivity contribution < 1.29 is 0 Å². The van der Waals surface area contributed by atoms with E-state index in [2.05, 4.69) is 57.2 Å². The van der Waals surface area contributed by atoms with Crippen LogP contribution in [0.4, 0.5) is 0 Å². The summed E-state index contributed by atoms with van der Waals surface area (Å²) in [5.41, 5.74) is 7.32. The highest BCUT2D eigenvalue weighted by atomic mass is 15.2. The average Bonchev–Trinajstić information content (AvgIpc) is 3.15. The second kappa shape index (κ2) is 7.70. The molecule has 0 unspecified atom stereocenters. The first-order valence-electron chi connectivity index (χ1n) is 9.08. The van der Waals surface area contributed by atoms with E-state index >= 15 is 0 Å². The lowest BCUT2D eigenvalue weighted by Gasteiger charge is -2.14. The second-order valence-electron chi connectivity index (χ2n) is 7.07. The summed E-state index contributed by atoms with van der Waals surface area (Å²) in [5.74, 6) is 0. The lowest BCUT2D eigenvalue weighted by Crippen LogP contribution is -2.11. The molecule has 0 amide bonds. The van der Waals surface area contributed by atoms with Crippen molar-refractivity contribution in [2.45, 2.75) is 6.54 Å². The zero-order valence-corrected chi connectivity index (χ0v) is 16.2. The van der Waals surface area contributed by atoms with Gasteiger partial charge in [0.15, 0.2) is 0 Å². The second-order valence-corrected chi connectivity index (χ2v) is 7.07. The van der Waals surface area contributed by atoms with Gasteiger partial charge in [0.1, 0.15) is 0 Å². The lowest BCUT2D eigenvalue weighted by molar-refractivity contribution is 0.403. The van der Waals surface area contributed by atoms with Gasteiger partial charge in [0, 0.05) is 78.6 Å². The van der Waals surface area contributed by atoms with E-state index < -0.39 is 0 Å². The summed E-state index contributed by atoms with van der Waals surface area (Å²) < 4.78 is 1.79. The molecule has 0 fully saturated rings. The molecule has 0 aromatic carbocycles. The minimum absolute atomic E-state index is 0.847. The predicted octanol–water partition coefficient (Wildman–Crippen LogP) is 3.67. The van der Waals surface area contributed by atoms with Crippen LogP contribution in [-0.2, 0) is 13.6 Å². The van der Waals surface area contributed by atoms with Gasteiger partial charge < -0.3 is 4.90 Å². The molecule has 28 heavy (non-hydrogen) atoms. The summed E-state index contributed by atoms with van der Waals surface area (Å²) in [6, 6.07) is 8.26. The Morgan fingerprint density at radius 3 is 2.43 bits per heavy atom. The molecule has 6 nitrogen and oxygen atoms in total. The van der Waals surface area contributed by atoms with Crippen LogP contribution in [0.2, 0.25) is 0 Å². The zero-order valence-electron chi connectivity index (χ0n) is 16.2. The normalized spacial score (nSPS) is 11.1. The highest BCUT2D eigenvalue weighted by molar-refractivity contribution is 5.72. The van der Waals surface area contributed by atoms with Crippen molar-refractivity contribution in [2.75, 3.05) is 14.1 Å². The summed E-state index contributed by atoms with van der Waals surface area (Å²) in [4.78, 5) is 15.5. The number of hydrogen-bond acceptors (Lipinski definition) is 5. The van der Waals surface area contributed by atoms with Crippen LogP contribution in [-0.4, -0.2) is 43.7 Å². The Bertz CT molecular complexity index is 1080. The predicted molar refractivity (Wildman–Crippen MR) is 110 cm³/mol. The van der Waals surface area contributed by atoms with E-state index in [9.17, 15) is 0 Å². The molecule has 0 spiro atoms. The molecule has 0 saturated carbocycles. The number of pyridine rings is 3. The molecule has 4 aromatic rings. The molecule has 0 aliphatic rings. The van der Waals surface area contributed by atoms with Crippen LogP contribution in [0, 0.1) is 0 Å². The van der Waals surface area contributed by atoms with E-state index in [1.54, 1.807) is 4.68 Å². The third-order valence-electron chi connectivity index (χ3n) is 4.54. The minimum atomic E-state index is 0.847. The molecule has 4 aromatic heterocycles. The van der Waals surface area contributed by atoms with E-state index in [0.29, 0.717) is 0 Å². The van der Waals surface area contributed by atoms with Crippen LogP contribution in [0.25, 0.3) is 33.5 Å². The van der Waals surface area contributed by atoms with Gasteiger partial charge in [-0.2, -0.15) is 5.10 Å². The lowest BCUT2D eigenvalue weighted by atomic mass is 10.0. The van der Waals surface area contributed by atoms with Gasteiger partial charge in [-0.3, -0.25) is 19.6 Å². The van der Waals surface area contributed by atoms with Gasteiger partial charge in [0.2, 0.25) is 0 Å². The molecular formula is C22H22N6. The Kier molecular flexibility index (Phi) is 4.95. The third-order valence-corrected chi connectivity index (χ3v) is 4.54. The van der Waals surface area contributed by atoms with Gasteiger partial charge in [-0.15, -0.1) is 0 Å². The van der Waals surface area contributed by atoms with Crippen molar-refractivity contribution >= 4 is 0 Å². The summed E-state index contributed by atoms with van der Waals surface area (Å²) in [5, 5.41) is 4.22. The number of aryl methyl sites for hydroxylation is 1. The van der Waals surface area contributed by atoms with Crippen molar-refractivity contribution in [3.8, 4) is 33.5 Å². The van der Waals surface area contributed by atoms with E-state index in [0.717, 1.165) is 40.1 Å². The Labute approximate surface area is 164 Å². The molecule has 0 N–H and O–H groups in total. The largest absolute Gasteiger partial charge is 0.305 e. The third kappa shape index (κ3) is 3.82. The quantitative estimate of drug-likeness (QED) is 0.536. The van der Waals surface area contributed by atoms with E-state index in [-0.39, 0.29) is 0 Å². The molecule has 4 heterocycles. The zero-order chi connectivity index (χ0) is 19.5. The van der Waals surface area contributed by atoms with Crippen LogP contribution < -0.4 is 0 Å². The first-order chi connectivity index (χ1) is 13.6. The molecular weight excluding hydrogens is 348 g/mol. The minimum Gasteiger partial charge on any atom is -0.305 e. The average molecular weight is 370 g/mol. The first-order valence-corrected chi connectivity index (χ1v) is 9.08. The van der Waals surface area contributed by atoms with Crippen LogP contribution in [0.1, 0.15) is 5.56 Å². The summed E-state index contributed by atoms with van der Waals surface area (Å²) in [7, 11) is 6.03. The Balaban J connectivity index is 1.66. The molecule has 0 bridgehead atoms. The number of rotatable bonds is 5. The van der Waals surface area contributed by atoms with E-state index in [4.69, 9.17) is 0 Å². The molecule has 0 radical (unpaired) electrons. The monoisotopic (exact) mass is 370 g/mol. The van der Waals surface area contributed by atoms with Gasteiger partial charge in [0.05, 0.1) is 11.9 Å². The van der Waals surface area contributed by atoms with Crippen molar-refractivity contribution in [3.05, 3.63) is 73.2 Å². The maximum absolute atomic E-state index is 4.64. The smallest absolute Gasteiger partial charge is 0.0718 e. The van der Waals surface area contributed by atoms with Crippen LogP contribution >= 0.6 is 0 Å². The van der Waals surface area contributed by atoms with Gasteiger partial charge in [0.25, 0.3) is 0 Å². The fourth-order valence-electron chi connectivity index (χ4n) is 3.19. The fourth-order valence-corrected chi connectivity index (χ4v) is 3.19. The van der Waals surface area contributed by atoms with E-state index in [1.165, 1.54) is 5.56 Å². The molecule has 0 aliphatic carbocycles. The molecule has 6 heteroatoms. The van der Waals surface area contributed by atoms with Crippen molar-refractivity contribution in [2.24, 2.45) is 7.05 Å². The van der Waals surface area contributed by atoms with Gasteiger partial charge in [-0.05, 0) is 37.9 Å². The van der Waals surface area contributed by atoms with E-state index in [1.807, 2.05) is 56.5 Å². The molecule has 140 valence electrons. The molecule has 0 atom stereocenters. The van der Waals surface area contributed by atoms with Crippen LogP contribution in [0.15, 0.2) is 67.6 Å². The first kappa shape index (κ1) is 18.0. The highest BCUT2D eigenvalue weighted by Crippen LogP contribution is 2.28. The summed E-state index contributed by atoms with van der Waals surface area (Å²) in [6.07, 6.45) is 13.2. The molecule has 0 aliphatic heterocycles. The fraction of sp³-hybridized carbons (Fsp3) is 0.182. The van der Waals surface area contributed by atoms with Gasteiger partial charge in [-0.1, -0.05) is 6.07 Å². The van der Waals surface area contributed by atoms with Crippen molar-refractivity contribution in [1.29, 1.82) is 0 Å². The van der Waals surface area contributed by atoms with Gasteiger partial charge >= 0.3 is 0 Å². The number of nitrogens with zero attached hydrogens (tertiary/aromatic N) is 6. The Morgan fingerprint density at radius 1 is 0.857 bits per heavy atom. The number of aromatic nitrogens is 5. The Hall–Kier alpha value is -3.38. The van der Waals surface area contributed by atoms with Crippen molar-refractivity contribution in [1.82, 2.24) is 29.6 Å². The Morgan fingerprint density at radius 2 is 1.71 bits per heavy atom. The molecule has 0 saturated heterocycles. The van der Waals surface area contributed by atoms with Gasteiger partial charge in [-0.25, -0.2) is 0 Å². The topological polar surface area (TPSA) is 59.7 Å². The SMILES string of the molecule is CN(C)Cc1ccncc1-c1cncc(-c2ccc(-c3cnn(C)c3)cn2)c1. The highest BCUT2D eigenvalue weighted by Gasteiger charge is 2.09. The molecule has 4 rings (SSSR count). The van der Waals surface area contributed by atoms with Crippen LogP contribution in [0.3, 0.4) is 0 Å².